The molecule has 0 fully saturated rings. The van der Waals surface area contributed by atoms with Crippen molar-refractivity contribution < 1.29 is 4.74 Å². The monoisotopic (exact) mass is 276 g/mol. The van der Waals surface area contributed by atoms with E-state index in [0.717, 1.165) is 27.5 Å². The molecule has 0 bridgehead atoms. The quantitative estimate of drug-likeness (QED) is 0.885. The minimum atomic E-state index is -0.299. The number of thioether (sulfide) groups is 1. The van der Waals surface area contributed by atoms with Crippen LogP contribution in [0.2, 0.25) is 0 Å². The third kappa shape index (κ3) is 1.91. The van der Waals surface area contributed by atoms with Crippen LogP contribution < -0.4 is 5.32 Å². The SMILES string of the molecule is COC[C@]1(C)Nc2c(cnc3[nH]ccc23)N=C1SC. The third-order valence-electron chi connectivity index (χ3n) is 3.29. The van der Waals surface area contributed by atoms with Gasteiger partial charge in [-0.3, -0.25) is 0 Å². The molecule has 100 valence electrons. The molecule has 5 nitrogen and oxygen atoms in total. The molecule has 3 heterocycles. The van der Waals surface area contributed by atoms with Crippen molar-refractivity contribution in [3.8, 4) is 0 Å². The first-order valence-electron chi connectivity index (χ1n) is 6.04. The number of aromatic amines is 1. The molecule has 19 heavy (non-hydrogen) atoms. The third-order valence-corrected chi connectivity index (χ3v) is 4.22. The van der Waals surface area contributed by atoms with Gasteiger partial charge in [0.2, 0.25) is 0 Å². The van der Waals surface area contributed by atoms with Crippen LogP contribution >= 0.6 is 11.8 Å². The molecule has 0 saturated carbocycles. The Kier molecular flexibility index (Phi) is 2.99. The highest BCUT2D eigenvalue weighted by Gasteiger charge is 2.35. The van der Waals surface area contributed by atoms with Crippen LogP contribution in [0.4, 0.5) is 11.4 Å². The van der Waals surface area contributed by atoms with Crippen molar-refractivity contribution in [3.63, 3.8) is 0 Å². The van der Waals surface area contributed by atoms with E-state index in [-0.39, 0.29) is 5.54 Å². The van der Waals surface area contributed by atoms with Crippen LogP contribution in [0.3, 0.4) is 0 Å². The van der Waals surface area contributed by atoms with Gasteiger partial charge in [0.15, 0.2) is 0 Å². The summed E-state index contributed by atoms with van der Waals surface area (Å²) < 4.78 is 5.34. The van der Waals surface area contributed by atoms with E-state index in [1.54, 1.807) is 25.1 Å². The van der Waals surface area contributed by atoms with Crippen LogP contribution in [0, 0.1) is 0 Å². The van der Waals surface area contributed by atoms with E-state index in [1.807, 2.05) is 18.5 Å². The maximum Gasteiger partial charge on any atom is 0.139 e. The zero-order valence-electron chi connectivity index (χ0n) is 11.2. The number of ether oxygens (including phenoxy) is 1. The largest absolute Gasteiger partial charge is 0.382 e. The van der Waals surface area contributed by atoms with Crippen LogP contribution in [0.5, 0.6) is 0 Å². The van der Waals surface area contributed by atoms with E-state index in [4.69, 9.17) is 9.73 Å². The van der Waals surface area contributed by atoms with Crippen molar-refractivity contribution >= 4 is 39.2 Å². The van der Waals surface area contributed by atoms with Crippen LogP contribution in [-0.4, -0.2) is 40.5 Å². The molecule has 0 aliphatic carbocycles. The maximum absolute atomic E-state index is 5.34. The predicted octanol–water partition coefficient (Wildman–Crippen LogP) is 2.79. The van der Waals surface area contributed by atoms with Crippen LogP contribution in [0.15, 0.2) is 23.5 Å². The second-order valence-corrected chi connectivity index (χ2v) is 5.56. The summed E-state index contributed by atoms with van der Waals surface area (Å²) in [5.41, 5.74) is 2.47. The second-order valence-electron chi connectivity index (χ2n) is 4.77. The summed E-state index contributed by atoms with van der Waals surface area (Å²) >= 11 is 1.64. The van der Waals surface area contributed by atoms with Crippen molar-refractivity contribution in [2.75, 3.05) is 25.3 Å². The molecule has 0 aromatic carbocycles. The molecule has 0 saturated heterocycles. The zero-order valence-corrected chi connectivity index (χ0v) is 12.0. The van der Waals surface area contributed by atoms with Gasteiger partial charge in [0, 0.05) is 18.7 Å². The van der Waals surface area contributed by atoms with E-state index >= 15 is 0 Å². The van der Waals surface area contributed by atoms with Gasteiger partial charge in [-0.15, -0.1) is 11.8 Å². The van der Waals surface area contributed by atoms with Crippen LogP contribution in [-0.2, 0) is 4.74 Å². The highest BCUT2D eigenvalue weighted by molar-refractivity contribution is 8.13. The lowest BCUT2D eigenvalue weighted by Gasteiger charge is -2.35. The summed E-state index contributed by atoms with van der Waals surface area (Å²) in [5, 5.41) is 5.64. The van der Waals surface area contributed by atoms with Gasteiger partial charge in [0.1, 0.15) is 21.9 Å². The molecule has 0 unspecified atom stereocenters. The molecule has 0 amide bonds. The topological polar surface area (TPSA) is 62.3 Å². The lowest BCUT2D eigenvalue weighted by Crippen LogP contribution is -2.47. The number of H-pyrrole nitrogens is 1. The van der Waals surface area contributed by atoms with E-state index in [9.17, 15) is 0 Å². The molecule has 1 aliphatic rings. The molecular weight excluding hydrogens is 260 g/mol. The van der Waals surface area contributed by atoms with Crippen molar-refractivity contribution in [1.29, 1.82) is 0 Å². The van der Waals surface area contributed by atoms with Crippen molar-refractivity contribution in [3.05, 3.63) is 18.5 Å². The van der Waals surface area contributed by atoms with Crippen molar-refractivity contribution in [2.24, 2.45) is 4.99 Å². The number of pyridine rings is 1. The van der Waals surface area contributed by atoms with Gasteiger partial charge in [0.25, 0.3) is 0 Å². The molecular formula is C13H16N4OS. The Morgan fingerprint density at radius 3 is 3.05 bits per heavy atom. The Morgan fingerprint density at radius 1 is 1.47 bits per heavy atom. The van der Waals surface area contributed by atoms with Crippen molar-refractivity contribution in [2.45, 2.75) is 12.5 Å². The Bertz CT molecular complexity index is 651. The molecule has 2 N–H and O–H groups in total. The Morgan fingerprint density at radius 2 is 2.32 bits per heavy atom. The fraction of sp³-hybridized carbons (Fsp3) is 0.385. The molecule has 1 atom stereocenters. The summed E-state index contributed by atoms with van der Waals surface area (Å²) in [4.78, 5) is 12.2. The Labute approximate surface area is 115 Å². The Balaban J connectivity index is 2.18. The van der Waals surface area contributed by atoms with Gasteiger partial charge in [0.05, 0.1) is 18.5 Å². The standard InChI is InChI=1S/C13H16N4OS/c1-13(7-18-2)12(19-3)16-9-6-15-11-8(4-5-14-11)10(9)17-13/h4-6,17H,7H2,1-3H3,(H,14,15)/t13-/m0/s1. The van der Waals surface area contributed by atoms with Crippen molar-refractivity contribution in [1.82, 2.24) is 9.97 Å². The van der Waals surface area contributed by atoms with E-state index in [1.165, 1.54) is 0 Å². The summed E-state index contributed by atoms with van der Waals surface area (Å²) in [6.45, 7) is 2.67. The summed E-state index contributed by atoms with van der Waals surface area (Å²) in [5.74, 6) is 0. The number of fused-ring (bicyclic) bond motifs is 3. The van der Waals surface area contributed by atoms with E-state index in [0.29, 0.717) is 6.61 Å². The number of nitrogens with one attached hydrogen (secondary N) is 2. The predicted molar refractivity (Wildman–Crippen MR) is 80.6 cm³/mol. The Hall–Kier alpha value is -1.53. The highest BCUT2D eigenvalue weighted by Crippen LogP contribution is 2.39. The van der Waals surface area contributed by atoms with Crippen LogP contribution in [0.25, 0.3) is 11.0 Å². The average molecular weight is 276 g/mol. The van der Waals surface area contributed by atoms with Gasteiger partial charge < -0.3 is 15.0 Å². The number of methoxy groups -OCH3 is 1. The van der Waals surface area contributed by atoms with Gasteiger partial charge in [-0.05, 0) is 19.2 Å². The summed E-state index contributed by atoms with van der Waals surface area (Å²) in [7, 11) is 1.71. The first-order chi connectivity index (χ1) is 9.18. The lowest BCUT2D eigenvalue weighted by molar-refractivity contribution is 0.175. The second kappa shape index (κ2) is 4.54. The first-order valence-corrected chi connectivity index (χ1v) is 7.27. The fourth-order valence-corrected chi connectivity index (χ4v) is 3.18. The average Bonchev–Trinajstić information content (AvgIpc) is 2.86. The molecule has 1 aliphatic heterocycles. The molecule has 3 rings (SSSR count). The first kappa shape index (κ1) is 12.5. The molecule has 2 aromatic heterocycles. The fourth-order valence-electron chi connectivity index (χ4n) is 2.43. The minimum Gasteiger partial charge on any atom is -0.382 e. The number of hydrogen-bond acceptors (Lipinski definition) is 5. The van der Waals surface area contributed by atoms with Gasteiger partial charge in [-0.1, -0.05) is 0 Å². The molecule has 2 aromatic rings. The number of hydrogen-bond donors (Lipinski definition) is 2. The summed E-state index contributed by atoms with van der Waals surface area (Å²) in [6.07, 6.45) is 5.71. The normalized spacial score (nSPS) is 21.9. The molecule has 0 spiro atoms. The summed E-state index contributed by atoms with van der Waals surface area (Å²) in [6, 6.07) is 2.01. The van der Waals surface area contributed by atoms with Gasteiger partial charge in [-0.2, -0.15) is 0 Å². The van der Waals surface area contributed by atoms with E-state index in [2.05, 4.69) is 22.2 Å². The maximum atomic E-state index is 5.34. The van der Waals surface area contributed by atoms with Gasteiger partial charge >= 0.3 is 0 Å². The molecule has 0 radical (unpaired) electrons. The lowest BCUT2D eigenvalue weighted by atomic mass is 10.0. The van der Waals surface area contributed by atoms with Gasteiger partial charge in [-0.25, -0.2) is 9.98 Å². The smallest absolute Gasteiger partial charge is 0.139 e. The zero-order chi connectivity index (χ0) is 13.5. The number of anilines is 1. The van der Waals surface area contributed by atoms with Crippen LogP contribution in [0.1, 0.15) is 6.92 Å². The number of nitrogens with zero attached hydrogens (tertiary/aromatic N) is 2. The number of rotatable bonds is 2. The molecule has 6 heteroatoms. The minimum absolute atomic E-state index is 0.299. The highest BCUT2D eigenvalue weighted by atomic mass is 32.2. The number of aromatic nitrogens is 2. The van der Waals surface area contributed by atoms with E-state index < -0.39 is 0 Å². The number of aliphatic imine (C=N–C) groups is 1.